The van der Waals surface area contributed by atoms with E-state index in [0.717, 1.165) is 18.1 Å². The first-order valence-electron chi connectivity index (χ1n) is 6.91. The van der Waals surface area contributed by atoms with Crippen LogP contribution in [-0.4, -0.2) is 8.07 Å². The molecule has 0 amide bonds. The van der Waals surface area contributed by atoms with Gasteiger partial charge in [0, 0.05) is 0 Å². The summed E-state index contributed by atoms with van der Waals surface area (Å²) in [5.41, 5.74) is 4.20. The van der Waals surface area contributed by atoms with E-state index in [1.54, 1.807) is 5.19 Å². The maximum Gasteiger partial charge on any atom is 0.0984 e. The molecule has 0 aliphatic carbocycles. The first-order valence-corrected chi connectivity index (χ1v) is 9.54. The highest BCUT2D eigenvalue weighted by atomic mass is 28.3. The first-order chi connectivity index (χ1) is 9.00. The Morgan fingerprint density at radius 2 is 1.21 bits per heavy atom. The quantitative estimate of drug-likeness (QED) is 0.492. The van der Waals surface area contributed by atoms with Gasteiger partial charge in [-0.1, -0.05) is 52.2 Å². The maximum absolute atomic E-state index is 3.98. The normalized spacial score (nSPS) is 11.1. The summed E-state index contributed by atoms with van der Waals surface area (Å²) in [4.78, 5) is 0. The molecule has 19 heavy (non-hydrogen) atoms. The van der Waals surface area contributed by atoms with Crippen molar-refractivity contribution < 1.29 is 0 Å². The van der Waals surface area contributed by atoms with E-state index in [-0.39, 0.29) is 0 Å². The van der Waals surface area contributed by atoms with E-state index in [1.165, 1.54) is 16.7 Å². The van der Waals surface area contributed by atoms with E-state index in [9.17, 15) is 0 Å². The molecular formula is C18H26Si. The molecule has 0 radical (unpaired) electrons. The Labute approximate surface area is 119 Å². The minimum Gasteiger partial charge on any atom is -0.103 e. The molecule has 1 aromatic carbocycles. The number of hydrogen-bond acceptors (Lipinski definition) is 0. The van der Waals surface area contributed by atoms with E-state index in [0.29, 0.717) is 0 Å². The number of aryl methyl sites for hydroxylation is 3. The predicted molar refractivity (Wildman–Crippen MR) is 91.1 cm³/mol. The zero-order chi connectivity index (χ0) is 14.5. The number of benzene rings is 1. The Balaban J connectivity index is 3.50. The second-order valence-electron chi connectivity index (χ2n) is 5.53. The van der Waals surface area contributed by atoms with Gasteiger partial charge in [-0.2, -0.15) is 0 Å². The van der Waals surface area contributed by atoms with Gasteiger partial charge < -0.3 is 0 Å². The van der Waals surface area contributed by atoms with Gasteiger partial charge in [-0.3, -0.25) is 0 Å². The van der Waals surface area contributed by atoms with Gasteiger partial charge in [0.1, 0.15) is 0 Å². The van der Waals surface area contributed by atoms with Gasteiger partial charge in [0.15, 0.2) is 0 Å². The van der Waals surface area contributed by atoms with Crippen molar-refractivity contribution in [3.63, 3.8) is 0 Å². The van der Waals surface area contributed by atoms with Crippen LogP contribution in [0.3, 0.4) is 0 Å². The molecule has 0 saturated carbocycles. The molecule has 0 unspecified atom stereocenters. The third kappa shape index (κ3) is 3.36. The van der Waals surface area contributed by atoms with Crippen LogP contribution in [0.1, 0.15) is 16.7 Å². The third-order valence-electron chi connectivity index (χ3n) is 3.81. The van der Waals surface area contributed by atoms with Gasteiger partial charge in [-0.05, 0) is 38.9 Å². The van der Waals surface area contributed by atoms with Crippen LogP contribution in [0.2, 0.25) is 18.1 Å². The Morgan fingerprint density at radius 3 is 1.53 bits per heavy atom. The van der Waals surface area contributed by atoms with Crippen LogP contribution in [0.5, 0.6) is 0 Å². The molecule has 0 aliphatic heterocycles. The van der Waals surface area contributed by atoms with E-state index < -0.39 is 8.07 Å². The highest BCUT2D eigenvalue weighted by Crippen LogP contribution is 2.26. The van der Waals surface area contributed by atoms with Gasteiger partial charge in [0.05, 0.1) is 8.07 Å². The Hall–Kier alpha value is -1.34. The lowest BCUT2D eigenvalue weighted by Crippen LogP contribution is -2.49. The molecule has 0 aromatic heterocycles. The van der Waals surface area contributed by atoms with Crippen molar-refractivity contribution in [3.05, 3.63) is 66.8 Å². The van der Waals surface area contributed by atoms with Crippen LogP contribution >= 0.6 is 0 Å². The van der Waals surface area contributed by atoms with Gasteiger partial charge in [-0.25, -0.2) is 0 Å². The second kappa shape index (κ2) is 6.72. The average Bonchev–Trinajstić information content (AvgIpc) is 2.28. The van der Waals surface area contributed by atoms with Crippen molar-refractivity contribution in [3.8, 4) is 0 Å². The van der Waals surface area contributed by atoms with Gasteiger partial charge in [-0.15, -0.1) is 19.7 Å². The Kier molecular flexibility index (Phi) is 5.55. The average molecular weight is 270 g/mol. The second-order valence-corrected chi connectivity index (χ2v) is 9.82. The zero-order valence-corrected chi connectivity index (χ0v) is 13.6. The molecule has 1 aromatic rings. The molecule has 1 rings (SSSR count). The van der Waals surface area contributed by atoms with Crippen molar-refractivity contribution in [2.24, 2.45) is 0 Å². The number of rotatable bonds is 7. The molecule has 0 saturated heterocycles. The highest BCUT2D eigenvalue weighted by molar-refractivity contribution is 6.93. The SMILES string of the molecule is C=CC[Si](CC=C)(CC=C)c1c(C)cc(C)cc1C. The summed E-state index contributed by atoms with van der Waals surface area (Å²) in [6, 6.07) is 7.89. The first kappa shape index (κ1) is 15.7. The van der Waals surface area contributed by atoms with E-state index in [4.69, 9.17) is 0 Å². The molecular weight excluding hydrogens is 244 g/mol. The van der Waals surface area contributed by atoms with Crippen molar-refractivity contribution in [1.82, 2.24) is 0 Å². The Bertz CT molecular complexity index is 433. The summed E-state index contributed by atoms with van der Waals surface area (Å²) in [5.74, 6) is 0. The lowest BCUT2D eigenvalue weighted by molar-refractivity contribution is 1.30. The summed E-state index contributed by atoms with van der Waals surface area (Å²) in [6.45, 7) is 18.6. The standard InChI is InChI=1S/C18H26Si/c1-7-10-19(11-8-2,12-9-3)18-16(5)13-15(4)14-17(18)6/h7-9,13-14H,1-3,10-12H2,4-6H3. The fourth-order valence-electron chi connectivity index (χ4n) is 3.40. The fraction of sp³-hybridized carbons (Fsp3) is 0.333. The summed E-state index contributed by atoms with van der Waals surface area (Å²) in [7, 11) is -1.64. The lowest BCUT2D eigenvalue weighted by atomic mass is 10.1. The molecule has 0 N–H and O–H groups in total. The van der Waals surface area contributed by atoms with Crippen molar-refractivity contribution in [1.29, 1.82) is 0 Å². The molecule has 0 heterocycles. The highest BCUT2D eigenvalue weighted by Gasteiger charge is 2.33. The lowest BCUT2D eigenvalue weighted by Gasteiger charge is -2.33. The molecule has 0 fully saturated rings. The van der Waals surface area contributed by atoms with Crippen molar-refractivity contribution in [2.75, 3.05) is 0 Å². The molecule has 0 spiro atoms. The minimum atomic E-state index is -1.64. The summed E-state index contributed by atoms with van der Waals surface area (Å²) >= 11 is 0. The van der Waals surface area contributed by atoms with Crippen LogP contribution in [0, 0.1) is 20.8 Å². The molecule has 1 heteroatoms. The van der Waals surface area contributed by atoms with E-state index in [2.05, 4.69) is 70.9 Å². The smallest absolute Gasteiger partial charge is 0.0984 e. The zero-order valence-electron chi connectivity index (χ0n) is 12.6. The summed E-state index contributed by atoms with van der Waals surface area (Å²) < 4.78 is 0. The van der Waals surface area contributed by atoms with Crippen molar-refractivity contribution in [2.45, 2.75) is 38.9 Å². The van der Waals surface area contributed by atoms with Crippen LogP contribution < -0.4 is 5.19 Å². The predicted octanol–water partition coefficient (Wildman–Crippen LogP) is 4.83. The van der Waals surface area contributed by atoms with Crippen molar-refractivity contribution >= 4 is 13.3 Å². The molecule has 0 nitrogen and oxygen atoms in total. The van der Waals surface area contributed by atoms with Gasteiger partial charge in [0.25, 0.3) is 0 Å². The summed E-state index contributed by atoms with van der Waals surface area (Å²) in [6.07, 6.45) is 6.24. The Morgan fingerprint density at radius 1 is 0.842 bits per heavy atom. The van der Waals surface area contributed by atoms with Crippen LogP contribution in [0.25, 0.3) is 0 Å². The van der Waals surface area contributed by atoms with Crippen LogP contribution in [0.4, 0.5) is 0 Å². The van der Waals surface area contributed by atoms with Gasteiger partial charge >= 0.3 is 0 Å². The van der Waals surface area contributed by atoms with E-state index in [1.807, 2.05) is 0 Å². The number of hydrogen-bond donors (Lipinski definition) is 0. The summed E-state index contributed by atoms with van der Waals surface area (Å²) in [5, 5.41) is 1.58. The maximum atomic E-state index is 3.98. The number of allylic oxidation sites excluding steroid dienone is 3. The largest absolute Gasteiger partial charge is 0.103 e. The monoisotopic (exact) mass is 270 g/mol. The van der Waals surface area contributed by atoms with Crippen LogP contribution in [-0.2, 0) is 0 Å². The van der Waals surface area contributed by atoms with Crippen LogP contribution in [0.15, 0.2) is 50.1 Å². The van der Waals surface area contributed by atoms with Gasteiger partial charge in [0.2, 0.25) is 0 Å². The molecule has 0 aliphatic rings. The molecule has 102 valence electrons. The van der Waals surface area contributed by atoms with E-state index >= 15 is 0 Å². The minimum absolute atomic E-state index is 1.09. The molecule has 0 atom stereocenters. The topological polar surface area (TPSA) is 0 Å². The third-order valence-corrected chi connectivity index (χ3v) is 8.87. The molecule has 0 bridgehead atoms. The fourth-order valence-corrected chi connectivity index (χ4v) is 7.99.